The Morgan fingerprint density at radius 1 is 1.19 bits per heavy atom. The zero-order valence-electron chi connectivity index (χ0n) is 12.1. The second-order valence-electron chi connectivity index (χ2n) is 5.29. The molecular formula is C17H19ClN2O. The van der Waals surface area contributed by atoms with Crippen LogP contribution in [0.1, 0.15) is 31.0 Å². The number of benzene rings is 1. The molecule has 0 aliphatic heterocycles. The number of halogens is 1. The molecule has 3 aromatic rings. The average Bonchev–Trinajstić information content (AvgIpc) is 3.12. The van der Waals surface area contributed by atoms with Crippen molar-refractivity contribution in [3.8, 4) is 0 Å². The number of hydrogen-bond donors (Lipinski definition) is 0. The van der Waals surface area contributed by atoms with Crippen LogP contribution in [0.3, 0.4) is 0 Å². The quantitative estimate of drug-likeness (QED) is 0.623. The van der Waals surface area contributed by atoms with E-state index in [-0.39, 0.29) is 0 Å². The standard InChI is InChI=1S/C17H19ClN2O/c1-13(8-9-14-5-4-12-21-14)20-16-7-3-2-6-15(16)19-17(20)10-11-18/h2-7,12-13H,8-11H2,1H3. The van der Waals surface area contributed by atoms with Crippen LogP contribution < -0.4 is 0 Å². The predicted molar refractivity (Wildman–Crippen MR) is 85.9 cm³/mol. The molecular weight excluding hydrogens is 284 g/mol. The van der Waals surface area contributed by atoms with Crippen molar-refractivity contribution in [1.82, 2.24) is 9.55 Å². The third-order valence-corrected chi connectivity index (χ3v) is 4.01. The Kier molecular flexibility index (Phi) is 4.30. The minimum Gasteiger partial charge on any atom is -0.469 e. The van der Waals surface area contributed by atoms with Crippen LogP contribution in [0.4, 0.5) is 0 Å². The molecule has 0 fully saturated rings. The van der Waals surface area contributed by atoms with Gasteiger partial charge in [0.1, 0.15) is 11.6 Å². The molecule has 1 aromatic carbocycles. The van der Waals surface area contributed by atoms with E-state index in [1.54, 1.807) is 6.26 Å². The maximum absolute atomic E-state index is 5.93. The first kappa shape index (κ1) is 14.2. The first-order valence-corrected chi connectivity index (χ1v) is 7.87. The Morgan fingerprint density at radius 2 is 2.05 bits per heavy atom. The van der Waals surface area contributed by atoms with E-state index in [0.29, 0.717) is 11.9 Å². The number of nitrogens with zero attached hydrogens (tertiary/aromatic N) is 2. The van der Waals surface area contributed by atoms with Gasteiger partial charge in [0.15, 0.2) is 0 Å². The zero-order valence-corrected chi connectivity index (χ0v) is 12.9. The highest BCUT2D eigenvalue weighted by Crippen LogP contribution is 2.24. The van der Waals surface area contributed by atoms with Crippen molar-refractivity contribution in [2.75, 3.05) is 5.88 Å². The van der Waals surface area contributed by atoms with Crippen molar-refractivity contribution in [3.05, 3.63) is 54.2 Å². The summed E-state index contributed by atoms with van der Waals surface area (Å²) >= 11 is 5.93. The molecule has 2 heterocycles. The first-order chi connectivity index (χ1) is 10.3. The summed E-state index contributed by atoms with van der Waals surface area (Å²) in [4.78, 5) is 4.72. The van der Waals surface area contributed by atoms with Crippen LogP contribution >= 0.6 is 11.6 Å². The first-order valence-electron chi connectivity index (χ1n) is 7.34. The van der Waals surface area contributed by atoms with Crippen LogP contribution in [0.15, 0.2) is 47.1 Å². The van der Waals surface area contributed by atoms with E-state index in [2.05, 4.69) is 29.7 Å². The number of imidazole rings is 1. The molecule has 3 nitrogen and oxygen atoms in total. The number of alkyl halides is 1. The summed E-state index contributed by atoms with van der Waals surface area (Å²) in [5, 5.41) is 0. The third kappa shape index (κ3) is 2.98. The highest BCUT2D eigenvalue weighted by molar-refractivity contribution is 6.17. The smallest absolute Gasteiger partial charge is 0.111 e. The van der Waals surface area contributed by atoms with E-state index in [1.807, 2.05) is 18.2 Å². The van der Waals surface area contributed by atoms with Crippen LogP contribution in [0.25, 0.3) is 11.0 Å². The molecule has 0 aliphatic carbocycles. The molecule has 3 rings (SSSR count). The summed E-state index contributed by atoms with van der Waals surface area (Å²) in [5.41, 5.74) is 2.23. The zero-order chi connectivity index (χ0) is 14.7. The normalized spacial score (nSPS) is 12.9. The fraction of sp³-hybridized carbons (Fsp3) is 0.353. The van der Waals surface area contributed by atoms with Gasteiger partial charge in [-0.25, -0.2) is 4.98 Å². The highest BCUT2D eigenvalue weighted by Gasteiger charge is 2.15. The lowest BCUT2D eigenvalue weighted by Crippen LogP contribution is -2.11. The largest absolute Gasteiger partial charge is 0.469 e. The second kappa shape index (κ2) is 6.35. The molecule has 0 saturated heterocycles. The van der Waals surface area contributed by atoms with Gasteiger partial charge in [0.05, 0.1) is 17.3 Å². The molecule has 0 aliphatic rings. The van der Waals surface area contributed by atoms with Crippen LogP contribution in [0, 0.1) is 0 Å². The van der Waals surface area contributed by atoms with Crippen molar-refractivity contribution in [2.24, 2.45) is 0 Å². The van der Waals surface area contributed by atoms with Gasteiger partial charge in [-0.3, -0.25) is 0 Å². The monoisotopic (exact) mass is 302 g/mol. The van der Waals surface area contributed by atoms with Gasteiger partial charge in [-0.15, -0.1) is 11.6 Å². The van der Waals surface area contributed by atoms with Crippen molar-refractivity contribution < 1.29 is 4.42 Å². The van der Waals surface area contributed by atoms with Crippen molar-refractivity contribution >= 4 is 22.6 Å². The maximum Gasteiger partial charge on any atom is 0.111 e. The lowest BCUT2D eigenvalue weighted by molar-refractivity contribution is 0.451. The Morgan fingerprint density at radius 3 is 2.81 bits per heavy atom. The molecule has 0 saturated carbocycles. The fourth-order valence-electron chi connectivity index (χ4n) is 2.78. The SMILES string of the molecule is CC(CCc1ccco1)n1c(CCCl)nc2ccccc21. The number of fused-ring (bicyclic) bond motifs is 1. The predicted octanol–water partition coefficient (Wildman–Crippen LogP) is 4.60. The van der Waals surface area contributed by atoms with Gasteiger partial charge in [0, 0.05) is 24.8 Å². The molecule has 21 heavy (non-hydrogen) atoms. The van der Waals surface area contributed by atoms with Crippen molar-refractivity contribution in [3.63, 3.8) is 0 Å². The van der Waals surface area contributed by atoms with E-state index in [4.69, 9.17) is 21.0 Å². The minimum atomic E-state index is 0.362. The Bertz CT molecular complexity index is 703. The Labute approximate surface area is 129 Å². The molecule has 1 unspecified atom stereocenters. The number of para-hydroxylation sites is 2. The van der Waals surface area contributed by atoms with Gasteiger partial charge in [0.2, 0.25) is 0 Å². The van der Waals surface area contributed by atoms with Crippen LogP contribution in [-0.2, 0) is 12.8 Å². The fourth-order valence-corrected chi connectivity index (χ4v) is 2.95. The van der Waals surface area contributed by atoms with Crippen molar-refractivity contribution in [2.45, 2.75) is 32.2 Å². The molecule has 1 atom stereocenters. The molecule has 0 amide bonds. The second-order valence-corrected chi connectivity index (χ2v) is 5.67. The molecule has 0 spiro atoms. The van der Waals surface area contributed by atoms with Gasteiger partial charge in [-0.05, 0) is 37.6 Å². The molecule has 2 aromatic heterocycles. The van der Waals surface area contributed by atoms with Crippen LogP contribution in [0.2, 0.25) is 0 Å². The lowest BCUT2D eigenvalue weighted by Gasteiger charge is -2.17. The van der Waals surface area contributed by atoms with Gasteiger partial charge < -0.3 is 8.98 Å². The van der Waals surface area contributed by atoms with Gasteiger partial charge >= 0.3 is 0 Å². The van der Waals surface area contributed by atoms with Gasteiger partial charge in [0.25, 0.3) is 0 Å². The molecule has 0 bridgehead atoms. The third-order valence-electron chi connectivity index (χ3n) is 3.82. The molecule has 4 heteroatoms. The average molecular weight is 303 g/mol. The number of aromatic nitrogens is 2. The van der Waals surface area contributed by atoms with E-state index >= 15 is 0 Å². The van der Waals surface area contributed by atoms with E-state index in [1.165, 1.54) is 5.52 Å². The summed E-state index contributed by atoms with van der Waals surface area (Å²) < 4.78 is 7.74. The number of aryl methyl sites for hydroxylation is 2. The summed E-state index contributed by atoms with van der Waals surface area (Å²) in [6.45, 7) is 2.23. The highest BCUT2D eigenvalue weighted by atomic mass is 35.5. The summed E-state index contributed by atoms with van der Waals surface area (Å²) in [5.74, 6) is 2.69. The van der Waals surface area contributed by atoms with E-state index < -0.39 is 0 Å². The minimum absolute atomic E-state index is 0.362. The molecule has 0 radical (unpaired) electrons. The lowest BCUT2D eigenvalue weighted by atomic mass is 10.1. The summed E-state index contributed by atoms with van der Waals surface area (Å²) in [7, 11) is 0. The van der Waals surface area contributed by atoms with Crippen molar-refractivity contribution in [1.29, 1.82) is 0 Å². The molecule has 110 valence electrons. The topological polar surface area (TPSA) is 31.0 Å². The van der Waals surface area contributed by atoms with E-state index in [0.717, 1.165) is 36.4 Å². The van der Waals surface area contributed by atoms with E-state index in [9.17, 15) is 0 Å². The Balaban J connectivity index is 1.88. The van der Waals surface area contributed by atoms with Gasteiger partial charge in [-0.1, -0.05) is 12.1 Å². The number of rotatable bonds is 6. The van der Waals surface area contributed by atoms with Gasteiger partial charge in [-0.2, -0.15) is 0 Å². The van der Waals surface area contributed by atoms with Crippen LogP contribution in [-0.4, -0.2) is 15.4 Å². The van der Waals surface area contributed by atoms with Crippen LogP contribution in [0.5, 0.6) is 0 Å². The summed E-state index contributed by atoms with van der Waals surface area (Å²) in [6.07, 6.45) is 4.47. The number of hydrogen-bond acceptors (Lipinski definition) is 2. The number of furan rings is 1. The Hall–Kier alpha value is -1.74. The summed E-state index contributed by atoms with van der Waals surface area (Å²) in [6, 6.07) is 12.6. The maximum atomic E-state index is 5.93. The molecule has 0 N–H and O–H groups in total.